The quantitative estimate of drug-likeness (QED) is 0.448. The molecule has 0 fully saturated rings. The molecule has 0 aliphatic heterocycles. The molecule has 0 radical (unpaired) electrons. The molecule has 0 aliphatic carbocycles. The topological polar surface area (TPSA) is 34.8 Å². The lowest BCUT2D eigenvalue weighted by Crippen LogP contribution is -2.13. The summed E-state index contributed by atoms with van der Waals surface area (Å²) >= 11 is 0. The fourth-order valence-electron chi connectivity index (χ4n) is 4.19. The van der Waals surface area contributed by atoms with E-state index in [1.54, 1.807) is 0 Å². The van der Waals surface area contributed by atoms with Gasteiger partial charge in [-0.05, 0) is 51.7 Å². The predicted octanol–water partition coefficient (Wildman–Crippen LogP) is 5.45. The Morgan fingerprint density at radius 1 is 0.731 bits per heavy atom. The number of hydrogen-bond acceptors (Lipinski definition) is 1. The standard InChI is InChI=1S/C23H23N3/c1-26(2)13-7-10-17-22-18(15-8-3-5-11-20(15)24-22)14-19-16-9-4-6-12-21(16)25-23(17)19/h3-6,8-9,11-12,14,24-25H,7,10,13H2,1-2H3. The molecule has 0 aliphatic rings. The third-order valence-corrected chi connectivity index (χ3v) is 5.42. The van der Waals surface area contributed by atoms with Crippen LogP contribution in [0.15, 0.2) is 54.6 Å². The number of nitrogens with one attached hydrogen (secondary N) is 2. The minimum Gasteiger partial charge on any atom is -0.354 e. The van der Waals surface area contributed by atoms with Crippen LogP contribution in [0.3, 0.4) is 0 Å². The first-order chi connectivity index (χ1) is 12.7. The summed E-state index contributed by atoms with van der Waals surface area (Å²) in [6.07, 6.45) is 2.21. The van der Waals surface area contributed by atoms with Gasteiger partial charge in [0.2, 0.25) is 0 Å². The molecule has 0 bridgehead atoms. The van der Waals surface area contributed by atoms with Crippen molar-refractivity contribution in [2.45, 2.75) is 12.8 Å². The zero-order valence-electron chi connectivity index (χ0n) is 15.3. The highest BCUT2D eigenvalue weighted by Gasteiger charge is 2.15. The second-order valence-corrected chi connectivity index (χ2v) is 7.45. The highest BCUT2D eigenvalue weighted by atomic mass is 15.0. The summed E-state index contributed by atoms with van der Waals surface area (Å²) in [4.78, 5) is 9.63. The molecule has 0 amide bonds. The van der Waals surface area contributed by atoms with E-state index in [4.69, 9.17) is 0 Å². The molecule has 3 aromatic carbocycles. The van der Waals surface area contributed by atoms with Crippen LogP contribution in [-0.4, -0.2) is 35.5 Å². The van der Waals surface area contributed by atoms with E-state index in [1.165, 1.54) is 49.2 Å². The van der Waals surface area contributed by atoms with E-state index in [2.05, 4.69) is 83.6 Å². The maximum Gasteiger partial charge on any atom is 0.0518 e. The number of benzene rings is 3. The monoisotopic (exact) mass is 341 g/mol. The molecule has 0 saturated heterocycles. The van der Waals surface area contributed by atoms with Crippen LogP contribution in [0.2, 0.25) is 0 Å². The van der Waals surface area contributed by atoms with Gasteiger partial charge in [-0.2, -0.15) is 0 Å². The molecule has 0 saturated carbocycles. The second-order valence-electron chi connectivity index (χ2n) is 7.45. The zero-order chi connectivity index (χ0) is 17.7. The van der Waals surface area contributed by atoms with Crippen molar-refractivity contribution in [3.05, 3.63) is 60.2 Å². The van der Waals surface area contributed by atoms with Crippen LogP contribution in [0.4, 0.5) is 0 Å². The Balaban J connectivity index is 1.85. The Morgan fingerprint density at radius 2 is 1.27 bits per heavy atom. The highest BCUT2D eigenvalue weighted by Crippen LogP contribution is 2.36. The predicted molar refractivity (Wildman–Crippen MR) is 112 cm³/mol. The fraction of sp³-hybridized carbons (Fsp3) is 0.217. The lowest BCUT2D eigenvalue weighted by atomic mass is 10.00. The Labute approximate surface area is 152 Å². The first-order valence-electron chi connectivity index (χ1n) is 9.30. The molecular weight excluding hydrogens is 318 g/mol. The van der Waals surface area contributed by atoms with Crippen molar-refractivity contribution >= 4 is 43.6 Å². The molecule has 2 heterocycles. The van der Waals surface area contributed by atoms with Crippen molar-refractivity contribution in [2.75, 3.05) is 20.6 Å². The average molecular weight is 341 g/mol. The van der Waals surface area contributed by atoms with Crippen molar-refractivity contribution in [1.82, 2.24) is 14.9 Å². The SMILES string of the molecule is CN(C)CCCc1c2[nH]c3ccccc3c2cc2c1[nH]c1ccccc12. The third-order valence-electron chi connectivity index (χ3n) is 5.42. The Kier molecular flexibility index (Phi) is 3.50. The van der Waals surface area contributed by atoms with Gasteiger partial charge in [-0.1, -0.05) is 36.4 Å². The van der Waals surface area contributed by atoms with E-state index >= 15 is 0 Å². The zero-order valence-corrected chi connectivity index (χ0v) is 15.3. The van der Waals surface area contributed by atoms with Crippen LogP contribution in [0.1, 0.15) is 12.0 Å². The number of fused-ring (bicyclic) bond motifs is 6. The number of nitrogens with zero attached hydrogens (tertiary/aromatic N) is 1. The van der Waals surface area contributed by atoms with Crippen LogP contribution >= 0.6 is 0 Å². The largest absolute Gasteiger partial charge is 0.354 e. The molecular formula is C23H23N3. The first-order valence-corrected chi connectivity index (χ1v) is 9.30. The summed E-state index contributed by atoms with van der Waals surface area (Å²) in [5, 5.41) is 5.28. The minimum absolute atomic E-state index is 1.06. The number of para-hydroxylation sites is 2. The van der Waals surface area contributed by atoms with Crippen LogP contribution in [-0.2, 0) is 6.42 Å². The molecule has 0 atom stereocenters. The number of aromatic amines is 2. The van der Waals surface area contributed by atoms with Crippen LogP contribution < -0.4 is 0 Å². The summed E-state index contributed by atoms with van der Waals surface area (Å²) in [6, 6.07) is 19.6. The van der Waals surface area contributed by atoms with Crippen molar-refractivity contribution in [1.29, 1.82) is 0 Å². The van der Waals surface area contributed by atoms with Gasteiger partial charge in [-0.3, -0.25) is 0 Å². The second kappa shape index (κ2) is 5.89. The van der Waals surface area contributed by atoms with E-state index in [0.717, 1.165) is 19.4 Å². The molecule has 130 valence electrons. The van der Waals surface area contributed by atoms with Gasteiger partial charge in [0, 0.05) is 38.1 Å². The van der Waals surface area contributed by atoms with E-state index in [-0.39, 0.29) is 0 Å². The number of aromatic nitrogens is 2. The van der Waals surface area contributed by atoms with Gasteiger partial charge >= 0.3 is 0 Å². The number of aryl methyl sites for hydroxylation is 1. The maximum atomic E-state index is 3.69. The maximum absolute atomic E-state index is 3.69. The lowest BCUT2D eigenvalue weighted by molar-refractivity contribution is 0.401. The summed E-state index contributed by atoms with van der Waals surface area (Å²) in [7, 11) is 4.28. The molecule has 5 aromatic rings. The molecule has 5 rings (SSSR count). The van der Waals surface area contributed by atoms with E-state index in [9.17, 15) is 0 Å². The molecule has 2 aromatic heterocycles. The first kappa shape index (κ1) is 15.5. The van der Waals surface area contributed by atoms with E-state index < -0.39 is 0 Å². The van der Waals surface area contributed by atoms with Gasteiger partial charge in [0.15, 0.2) is 0 Å². The van der Waals surface area contributed by atoms with Crippen molar-refractivity contribution in [2.24, 2.45) is 0 Å². The smallest absolute Gasteiger partial charge is 0.0518 e. The fourth-order valence-corrected chi connectivity index (χ4v) is 4.19. The molecule has 0 unspecified atom stereocenters. The van der Waals surface area contributed by atoms with Gasteiger partial charge in [0.05, 0.1) is 11.0 Å². The van der Waals surface area contributed by atoms with Crippen LogP contribution in [0, 0.1) is 0 Å². The van der Waals surface area contributed by atoms with Gasteiger partial charge in [0.1, 0.15) is 0 Å². The number of rotatable bonds is 4. The van der Waals surface area contributed by atoms with Crippen molar-refractivity contribution < 1.29 is 0 Å². The Morgan fingerprint density at radius 3 is 1.81 bits per heavy atom. The molecule has 3 nitrogen and oxygen atoms in total. The molecule has 0 spiro atoms. The van der Waals surface area contributed by atoms with Gasteiger partial charge in [-0.15, -0.1) is 0 Å². The van der Waals surface area contributed by atoms with Crippen LogP contribution in [0.5, 0.6) is 0 Å². The summed E-state index contributed by atoms with van der Waals surface area (Å²) < 4.78 is 0. The molecule has 26 heavy (non-hydrogen) atoms. The van der Waals surface area contributed by atoms with E-state index in [1.807, 2.05) is 0 Å². The van der Waals surface area contributed by atoms with Gasteiger partial charge < -0.3 is 14.9 Å². The summed E-state index contributed by atoms with van der Waals surface area (Å²) in [5.41, 5.74) is 6.40. The van der Waals surface area contributed by atoms with Gasteiger partial charge in [0.25, 0.3) is 0 Å². The summed E-state index contributed by atoms with van der Waals surface area (Å²) in [6.45, 7) is 1.10. The number of hydrogen-bond donors (Lipinski definition) is 2. The minimum atomic E-state index is 1.06. The molecule has 3 heteroatoms. The normalized spacial score (nSPS) is 12.3. The number of H-pyrrole nitrogens is 2. The van der Waals surface area contributed by atoms with E-state index in [0.29, 0.717) is 0 Å². The average Bonchev–Trinajstić information content (AvgIpc) is 3.19. The van der Waals surface area contributed by atoms with Crippen molar-refractivity contribution in [3.63, 3.8) is 0 Å². The Hall–Kier alpha value is -2.78. The lowest BCUT2D eigenvalue weighted by Gasteiger charge is -2.10. The third kappa shape index (κ3) is 2.31. The Bertz CT molecular complexity index is 1150. The van der Waals surface area contributed by atoms with Gasteiger partial charge in [-0.25, -0.2) is 0 Å². The summed E-state index contributed by atoms with van der Waals surface area (Å²) in [5.74, 6) is 0. The molecule has 2 N–H and O–H groups in total. The van der Waals surface area contributed by atoms with Crippen molar-refractivity contribution in [3.8, 4) is 0 Å². The highest BCUT2D eigenvalue weighted by molar-refractivity contribution is 6.19. The van der Waals surface area contributed by atoms with Crippen LogP contribution in [0.25, 0.3) is 43.6 Å².